The van der Waals surface area contributed by atoms with Gasteiger partial charge in [0.1, 0.15) is 0 Å². The molecule has 9 atom stereocenters. The minimum absolute atomic E-state index is 0.405. The summed E-state index contributed by atoms with van der Waals surface area (Å²) in [5.74, 6) is 5.96. The molecule has 0 aromatic carbocycles. The van der Waals surface area contributed by atoms with E-state index in [0.29, 0.717) is 27.1 Å². The maximum Gasteiger partial charge on any atom is 0.189 e. The fourth-order valence-electron chi connectivity index (χ4n) is 9.42. The number of hydrogen-bond acceptors (Lipinski definition) is 2. The van der Waals surface area contributed by atoms with Crippen molar-refractivity contribution in [3.05, 3.63) is 11.6 Å². The fraction of sp³-hybridized carbons (Fsp3) is 0.909. The van der Waals surface area contributed by atoms with E-state index in [-0.39, 0.29) is 0 Å². The van der Waals surface area contributed by atoms with Crippen LogP contribution in [0.3, 0.4) is 0 Å². The van der Waals surface area contributed by atoms with E-state index in [9.17, 15) is 4.79 Å². The predicted molar refractivity (Wildman–Crippen MR) is 154 cm³/mol. The molecular formula is C33H56OS. The first kappa shape index (κ1) is 27.8. The molecule has 1 nitrogen and oxygen atoms in total. The van der Waals surface area contributed by atoms with Gasteiger partial charge in [-0.2, -0.15) is 0 Å². The summed E-state index contributed by atoms with van der Waals surface area (Å²) >= 11 is 1.69. The highest BCUT2D eigenvalue weighted by Gasteiger charge is 2.59. The average molecular weight is 501 g/mol. The van der Waals surface area contributed by atoms with Crippen molar-refractivity contribution in [1.29, 1.82) is 0 Å². The maximum atomic E-state index is 12.6. The van der Waals surface area contributed by atoms with Crippen LogP contribution in [0.25, 0.3) is 0 Å². The Hall–Kier alpha value is -0.240. The summed E-state index contributed by atoms with van der Waals surface area (Å²) in [5.41, 5.74) is 2.72. The van der Waals surface area contributed by atoms with Crippen LogP contribution in [0, 0.1) is 52.3 Å². The Bertz CT molecular complexity index is 769. The molecule has 0 spiro atoms. The molecule has 0 aliphatic heterocycles. The summed E-state index contributed by atoms with van der Waals surface area (Å²) in [6.45, 7) is 17.1. The molecule has 0 heterocycles. The lowest BCUT2D eigenvalue weighted by Gasteiger charge is -2.58. The first-order valence-electron chi connectivity index (χ1n) is 15.5. The van der Waals surface area contributed by atoms with Crippen LogP contribution in [0.2, 0.25) is 0 Å². The second-order valence-corrected chi connectivity index (χ2v) is 15.7. The van der Waals surface area contributed by atoms with Crippen LogP contribution in [-0.4, -0.2) is 10.4 Å². The molecule has 0 unspecified atom stereocenters. The smallest absolute Gasteiger partial charge is 0.189 e. The van der Waals surface area contributed by atoms with Gasteiger partial charge in [-0.05, 0) is 104 Å². The lowest BCUT2D eigenvalue weighted by atomic mass is 9.47. The third kappa shape index (κ3) is 5.63. The minimum Gasteiger partial charge on any atom is -0.287 e. The zero-order valence-electron chi connectivity index (χ0n) is 24.2. The number of rotatable bonds is 9. The fourth-order valence-corrected chi connectivity index (χ4v) is 10.7. The first-order valence-corrected chi connectivity index (χ1v) is 16.3. The SMILES string of the molecule is CC[C@H](C)CC(=O)S[C@H]1CC[C@@]2(C)C(=CC[C@@H]3[C@H]4CC[C@@H]([C@H](C)CCCC(C)C)[C@@]4(C)CC[C@H]32)C1. The Morgan fingerprint density at radius 3 is 2.51 bits per heavy atom. The highest BCUT2D eigenvalue weighted by molar-refractivity contribution is 8.14. The van der Waals surface area contributed by atoms with Gasteiger partial charge in [-0.3, -0.25) is 4.79 Å². The number of allylic oxidation sites excluding steroid dienone is 2. The zero-order chi connectivity index (χ0) is 25.4. The van der Waals surface area contributed by atoms with Gasteiger partial charge in [-0.25, -0.2) is 0 Å². The Morgan fingerprint density at radius 2 is 1.80 bits per heavy atom. The molecule has 3 fully saturated rings. The molecule has 4 aliphatic rings. The van der Waals surface area contributed by atoms with E-state index in [1.165, 1.54) is 70.6 Å². The van der Waals surface area contributed by atoms with Gasteiger partial charge in [-0.15, -0.1) is 0 Å². The Labute approximate surface area is 222 Å². The summed E-state index contributed by atoms with van der Waals surface area (Å²) in [7, 11) is 0. The van der Waals surface area contributed by atoms with Crippen LogP contribution in [0.4, 0.5) is 0 Å². The second-order valence-electron chi connectivity index (χ2n) is 14.4. The van der Waals surface area contributed by atoms with Gasteiger partial charge in [0.2, 0.25) is 0 Å². The van der Waals surface area contributed by atoms with Crippen LogP contribution >= 0.6 is 11.8 Å². The van der Waals surface area contributed by atoms with E-state index in [0.717, 1.165) is 48.3 Å². The van der Waals surface area contributed by atoms with Crippen molar-refractivity contribution < 1.29 is 4.79 Å². The van der Waals surface area contributed by atoms with E-state index in [1.807, 2.05) is 0 Å². The number of carbonyl (C=O) groups excluding carboxylic acids is 1. The molecule has 200 valence electrons. The van der Waals surface area contributed by atoms with Crippen molar-refractivity contribution in [2.75, 3.05) is 0 Å². The largest absolute Gasteiger partial charge is 0.287 e. The maximum absolute atomic E-state index is 12.6. The lowest BCUT2D eigenvalue weighted by molar-refractivity contribution is -0.111. The average Bonchev–Trinajstić information content (AvgIpc) is 3.16. The number of carbonyl (C=O) groups is 1. The minimum atomic E-state index is 0.405. The summed E-state index contributed by atoms with van der Waals surface area (Å²) < 4.78 is 0. The van der Waals surface area contributed by atoms with Gasteiger partial charge in [0.05, 0.1) is 0 Å². The van der Waals surface area contributed by atoms with Crippen molar-refractivity contribution in [3.63, 3.8) is 0 Å². The molecule has 35 heavy (non-hydrogen) atoms. The number of thioether (sulfide) groups is 1. The molecule has 0 aromatic rings. The van der Waals surface area contributed by atoms with Crippen molar-refractivity contribution in [3.8, 4) is 0 Å². The summed E-state index contributed by atoms with van der Waals surface area (Å²) in [5, 5.41) is 0.967. The molecule has 3 saturated carbocycles. The topological polar surface area (TPSA) is 17.1 Å². The van der Waals surface area contributed by atoms with Crippen molar-refractivity contribution in [1.82, 2.24) is 0 Å². The molecule has 0 radical (unpaired) electrons. The van der Waals surface area contributed by atoms with Gasteiger partial charge in [-0.1, -0.05) is 97.6 Å². The van der Waals surface area contributed by atoms with Gasteiger partial charge in [0, 0.05) is 11.7 Å². The van der Waals surface area contributed by atoms with Gasteiger partial charge in [0.25, 0.3) is 0 Å². The van der Waals surface area contributed by atoms with Gasteiger partial charge < -0.3 is 0 Å². The number of fused-ring (bicyclic) bond motifs is 5. The Morgan fingerprint density at radius 1 is 1.03 bits per heavy atom. The molecule has 2 heteroatoms. The monoisotopic (exact) mass is 500 g/mol. The van der Waals surface area contributed by atoms with E-state index < -0.39 is 0 Å². The van der Waals surface area contributed by atoms with Crippen LogP contribution in [-0.2, 0) is 4.79 Å². The molecule has 0 saturated heterocycles. The molecule has 4 aliphatic carbocycles. The molecular weight excluding hydrogens is 444 g/mol. The van der Waals surface area contributed by atoms with E-state index in [4.69, 9.17) is 0 Å². The van der Waals surface area contributed by atoms with Crippen LogP contribution in [0.5, 0.6) is 0 Å². The lowest BCUT2D eigenvalue weighted by Crippen LogP contribution is -2.50. The summed E-state index contributed by atoms with van der Waals surface area (Å²) in [4.78, 5) is 12.6. The first-order chi connectivity index (χ1) is 16.6. The predicted octanol–water partition coefficient (Wildman–Crippen LogP) is 10.1. The Balaban J connectivity index is 1.41. The van der Waals surface area contributed by atoms with Gasteiger partial charge in [0.15, 0.2) is 5.12 Å². The normalized spacial score (nSPS) is 40.5. The van der Waals surface area contributed by atoms with Crippen LogP contribution in [0.1, 0.15) is 132 Å². The zero-order valence-corrected chi connectivity index (χ0v) is 25.0. The van der Waals surface area contributed by atoms with E-state index in [2.05, 4.69) is 54.5 Å². The molecule has 0 bridgehead atoms. The van der Waals surface area contributed by atoms with Crippen LogP contribution in [0.15, 0.2) is 11.6 Å². The highest BCUT2D eigenvalue weighted by Crippen LogP contribution is 2.67. The standard InChI is InChI=1S/C33H56OS/c1-8-23(4)20-31(34)35-26-16-18-32(6)25(21-26)12-13-27-29-15-14-28(24(5)11-9-10-22(2)3)33(29,7)19-17-30(27)32/h12,22-24,26-30H,8-11,13-21H2,1-7H3/t23-,24+,26-,27+,28-,29+,30+,32-,33+/m0/s1. The quantitative estimate of drug-likeness (QED) is 0.293. The summed E-state index contributed by atoms with van der Waals surface area (Å²) in [6, 6.07) is 0. The molecule has 4 rings (SSSR count). The molecule has 0 N–H and O–H groups in total. The summed E-state index contributed by atoms with van der Waals surface area (Å²) in [6.07, 6.45) is 19.8. The third-order valence-corrected chi connectivity index (χ3v) is 12.9. The van der Waals surface area contributed by atoms with Gasteiger partial charge >= 0.3 is 0 Å². The Kier molecular flexibility index (Phi) is 8.93. The van der Waals surface area contributed by atoms with Crippen LogP contribution < -0.4 is 0 Å². The second kappa shape index (κ2) is 11.2. The van der Waals surface area contributed by atoms with Crippen molar-refractivity contribution in [2.24, 2.45) is 52.3 Å². The van der Waals surface area contributed by atoms with E-state index in [1.54, 1.807) is 17.3 Å². The third-order valence-electron chi connectivity index (χ3n) is 11.8. The molecule has 0 amide bonds. The highest BCUT2D eigenvalue weighted by atomic mass is 32.2. The molecule has 0 aromatic heterocycles. The van der Waals surface area contributed by atoms with Crippen molar-refractivity contribution >= 4 is 16.9 Å². The number of hydrogen-bond donors (Lipinski definition) is 0. The van der Waals surface area contributed by atoms with E-state index >= 15 is 0 Å². The van der Waals surface area contributed by atoms with Crippen molar-refractivity contribution in [2.45, 2.75) is 137 Å².